The third-order valence-electron chi connectivity index (χ3n) is 3.11. The maximum Gasteiger partial charge on any atom is 0.257 e. The molecule has 0 aliphatic heterocycles. The highest BCUT2D eigenvalue weighted by atomic mass is 16.1. The van der Waals surface area contributed by atoms with Gasteiger partial charge in [0.2, 0.25) is 0 Å². The zero-order valence-corrected chi connectivity index (χ0v) is 11.5. The molecule has 0 saturated heterocycles. The first-order chi connectivity index (χ1) is 9.61. The number of rotatable bonds is 4. The Morgan fingerprint density at radius 1 is 1.15 bits per heavy atom. The number of anilines is 3. The highest BCUT2D eigenvalue weighted by Crippen LogP contribution is 2.20. The molecule has 1 amide bonds. The monoisotopic (exact) mass is 269 g/mol. The fourth-order valence-electron chi connectivity index (χ4n) is 2.11. The standard InChI is InChI=1S/C16H19N3O/c1-2-5-11-6-3-4-7-15(11)19-16(20)13-9-8-12(17)10-14(13)18/h3-4,6-10H,2,5,17-18H2,1H3,(H,19,20). The van der Waals surface area contributed by atoms with E-state index >= 15 is 0 Å². The summed E-state index contributed by atoms with van der Waals surface area (Å²) in [7, 11) is 0. The van der Waals surface area contributed by atoms with Crippen LogP contribution in [0.25, 0.3) is 0 Å². The number of amides is 1. The van der Waals surface area contributed by atoms with Gasteiger partial charge in [-0.2, -0.15) is 0 Å². The lowest BCUT2D eigenvalue weighted by Crippen LogP contribution is -2.15. The number of nitrogens with one attached hydrogen (secondary N) is 1. The van der Waals surface area contributed by atoms with Gasteiger partial charge in [-0.05, 0) is 36.2 Å². The van der Waals surface area contributed by atoms with E-state index < -0.39 is 0 Å². The van der Waals surface area contributed by atoms with Gasteiger partial charge in [0.1, 0.15) is 0 Å². The van der Waals surface area contributed by atoms with E-state index in [9.17, 15) is 4.79 Å². The van der Waals surface area contributed by atoms with Crippen molar-refractivity contribution in [1.29, 1.82) is 0 Å². The average molecular weight is 269 g/mol. The quantitative estimate of drug-likeness (QED) is 0.746. The largest absolute Gasteiger partial charge is 0.399 e. The van der Waals surface area contributed by atoms with Crippen molar-refractivity contribution >= 4 is 23.0 Å². The molecule has 0 bridgehead atoms. The molecular formula is C16H19N3O. The number of carbonyl (C=O) groups is 1. The summed E-state index contributed by atoms with van der Waals surface area (Å²) in [5, 5.41) is 2.91. The van der Waals surface area contributed by atoms with Gasteiger partial charge in [-0.15, -0.1) is 0 Å². The van der Waals surface area contributed by atoms with Crippen LogP contribution in [-0.4, -0.2) is 5.91 Å². The van der Waals surface area contributed by atoms with Gasteiger partial charge in [0, 0.05) is 17.1 Å². The number of hydrogen-bond donors (Lipinski definition) is 3. The number of nitrogens with two attached hydrogens (primary N) is 2. The van der Waals surface area contributed by atoms with Crippen molar-refractivity contribution in [1.82, 2.24) is 0 Å². The van der Waals surface area contributed by atoms with E-state index in [1.807, 2.05) is 24.3 Å². The molecule has 0 radical (unpaired) electrons. The molecule has 0 aliphatic rings. The summed E-state index contributed by atoms with van der Waals surface area (Å²) >= 11 is 0. The lowest BCUT2D eigenvalue weighted by Gasteiger charge is -2.11. The Hall–Kier alpha value is -2.49. The first-order valence-corrected chi connectivity index (χ1v) is 6.66. The van der Waals surface area contributed by atoms with Gasteiger partial charge in [-0.3, -0.25) is 4.79 Å². The van der Waals surface area contributed by atoms with Crippen molar-refractivity contribution in [2.45, 2.75) is 19.8 Å². The molecule has 20 heavy (non-hydrogen) atoms. The van der Waals surface area contributed by atoms with E-state index in [1.54, 1.807) is 18.2 Å². The van der Waals surface area contributed by atoms with Crippen LogP contribution in [-0.2, 0) is 6.42 Å². The number of aryl methyl sites for hydroxylation is 1. The average Bonchev–Trinajstić information content (AvgIpc) is 2.41. The summed E-state index contributed by atoms with van der Waals surface area (Å²) in [5.74, 6) is -0.217. The van der Waals surface area contributed by atoms with E-state index in [0.717, 1.165) is 24.1 Å². The lowest BCUT2D eigenvalue weighted by atomic mass is 10.1. The zero-order chi connectivity index (χ0) is 14.5. The van der Waals surface area contributed by atoms with Crippen molar-refractivity contribution in [3.05, 3.63) is 53.6 Å². The van der Waals surface area contributed by atoms with E-state index in [2.05, 4.69) is 12.2 Å². The topological polar surface area (TPSA) is 81.1 Å². The highest BCUT2D eigenvalue weighted by molar-refractivity contribution is 6.08. The number of carbonyl (C=O) groups excluding carboxylic acids is 1. The predicted molar refractivity (Wildman–Crippen MR) is 83.7 cm³/mol. The number of benzene rings is 2. The molecule has 2 aromatic carbocycles. The maximum atomic E-state index is 12.3. The van der Waals surface area contributed by atoms with Crippen LogP contribution in [0.3, 0.4) is 0 Å². The third kappa shape index (κ3) is 3.09. The van der Waals surface area contributed by atoms with Crippen LogP contribution >= 0.6 is 0 Å². The number of nitrogen functional groups attached to an aromatic ring is 2. The molecule has 2 rings (SSSR count). The minimum atomic E-state index is -0.217. The molecule has 0 atom stereocenters. The van der Waals surface area contributed by atoms with E-state index in [0.29, 0.717) is 16.9 Å². The van der Waals surface area contributed by atoms with Gasteiger partial charge in [0.15, 0.2) is 0 Å². The van der Waals surface area contributed by atoms with Crippen LogP contribution in [0.1, 0.15) is 29.3 Å². The van der Waals surface area contributed by atoms with Gasteiger partial charge >= 0.3 is 0 Å². The lowest BCUT2D eigenvalue weighted by molar-refractivity contribution is 0.102. The van der Waals surface area contributed by atoms with Crippen molar-refractivity contribution in [3.63, 3.8) is 0 Å². The van der Waals surface area contributed by atoms with Crippen LogP contribution in [0.2, 0.25) is 0 Å². The smallest absolute Gasteiger partial charge is 0.257 e. The molecule has 0 aliphatic carbocycles. The second kappa shape index (κ2) is 6.10. The van der Waals surface area contributed by atoms with Crippen LogP contribution in [0.5, 0.6) is 0 Å². The fourth-order valence-corrected chi connectivity index (χ4v) is 2.11. The Balaban J connectivity index is 2.23. The summed E-state index contributed by atoms with van der Waals surface area (Å²) < 4.78 is 0. The first kappa shape index (κ1) is 13.9. The van der Waals surface area contributed by atoms with Crippen molar-refractivity contribution in [2.75, 3.05) is 16.8 Å². The summed E-state index contributed by atoms with van der Waals surface area (Å²) in [5.41, 5.74) is 14.8. The summed E-state index contributed by atoms with van der Waals surface area (Å²) in [6.07, 6.45) is 1.95. The zero-order valence-electron chi connectivity index (χ0n) is 11.5. The summed E-state index contributed by atoms with van der Waals surface area (Å²) in [6, 6.07) is 12.7. The summed E-state index contributed by atoms with van der Waals surface area (Å²) in [6.45, 7) is 2.11. The SMILES string of the molecule is CCCc1ccccc1NC(=O)c1ccc(N)cc1N. The molecule has 0 saturated carbocycles. The second-order valence-electron chi connectivity index (χ2n) is 4.71. The Labute approximate surface area is 118 Å². The Kier molecular flexibility index (Phi) is 4.25. The minimum Gasteiger partial charge on any atom is -0.399 e. The van der Waals surface area contributed by atoms with Crippen molar-refractivity contribution in [2.24, 2.45) is 0 Å². The molecule has 4 heteroatoms. The predicted octanol–water partition coefficient (Wildman–Crippen LogP) is 3.06. The van der Waals surface area contributed by atoms with E-state index in [1.165, 1.54) is 0 Å². The van der Waals surface area contributed by atoms with Crippen LogP contribution in [0.4, 0.5) is 17.1 Å². The van der Waals surface area contributed by atoms with Gasteiger partial charge in [0.05, 0.1) is 5.56 Å². The Morgan fingerprint density at radius 3 is 2.60 bits per heavy atom. The molecule has 5 N–H and O–H groups in total. The molecule has 0 heterocycles. The molecule has 4 nitrogen and oxygen atoms in total. The molecule has 104 valence electrons. The molecule has 0 aromatic heterocycles. The van der Waals surface area contributed by atoms with E-state index in [-0.39, 0.29) is 5.91 Å². The van der Waals surface area contributed by atoms with E-state index in [4.69, 9.17) is 11.5 Å². The molecule has 0 spiro atoms. The van der Waals surface area contributed by atoms with Gasteiger partial charge in [0.25, 0.3) is 5.91 Å². The Bertz CT molecular complexity index is 623. The number of para-hydroxylation sites is 1. The maximum absolute atomic E-state index is 12.3. The molecular weight excluding hydrogens is 250 g/mol. The van der Waals surface area contributed by atoms with Gasteiger partial charge < -0.3 is 16.8 Å². The number of hydrogen-bond acceptors (Lipinski definition) is 3. The minimum absolute atomic E-state index is 0.217. The van der Waals surface area contributed by atoms with Crippen LogP contribution in [0, 0.1) is 0 Å². The second-order valence-corrected chi connectivity index (χ2v) is 4.71. The normalized spacial score (nSPS) is 10.2. The molecule has 0 fully saturated rings. The summed E-state index contributed by atoms with van der Waals surface area (Å²) in [4.78, 5) is 12.3. The van der Waals surface area contributed by atoms with Gasteiger partial charge in [-0.25, -0.2) is 0 Å². The third-order valence-corrected chi connectivity index (χ3v) is 3.11. The van der Waals surface area contributed by atoms with Crippen molar-refractivity contribution < 1.29 is 4.79 Å². The van der Waals surface area contributed by atoms with Crippen LogP contribution in [0.15, 0.2) is 42.5 Å². The van der Waals surface area contributed by atoms with Crippen LogP contribution < -0.4 is 16.8 Å². The fraction of sp³-hybridized carbons (Fsp3) is 0.188. The van der Waals surface area contributed by atoms with Crippen molar-refractivity contribution in [3.8, 4) is 0 Å². The first-order valence-electron chi connectivity index (χ1n) is 6.66. The molecule has 2 aromatic rings. The highest BCUT2D eigenvalue weighted by Gasteiger charge is 2.11. The van der Waals surface area contributed by atoms with Gasteiger partial charge in [-0.1, -0.05) is 31.5 Å². The molecule has 0 unspecified atom stereocenters. The Morgan fingerprint density at radius 2 is 1.90 bits per heavy atom.